The largest absolute Gasteiger partial charge is 0.264 e. The van der Waals surface area contributed by atoms with Gasteiger partial charge in [0.25, 0.3) is 10.0 Å². The predicted octanol–water partition coefficient (Wildman–Crippen LogP) is 0.302. The Morgan fingerprint density at radius 1 is 1.05 bits per heavy atom. The summed E-state index contributed by atoms with van der Waals surface area (Å²) in [5, 5.41) is 0. The van der Waals surface area contributed by atoms with Crippen molar-refractivity contribution in [2.45, 2.75) is 23.8 Å². The molecule has 0 unspecified atom stereocenters. The molecule has 8 heteroatoms. The van der Waals surface area contributed by atoms with Crippen LogP contribution in [0.1, 0.15) is 18.4 Å². The van der Waals surface area contributed by atoms with E-state index in [1.54, 1.807) is 18.2 Å². The molecule has 1 fully saturated rings. The Kier molecular flexibility index (Phi) is 3.09. The van der Waals surface area contributed by atoms with Crippen LogP contribution in [0, 0.1) is 0 Å². The monoisotopic (exact) mass is 314 g/mol. The molecule has 2 heterocycles. The minimum atomic E-state index is -3.53. The smallest absolute Gasteiger partial charge is 0.263 e. The Morgan fingerprint density at radius 2 is 1.70 bits per heavy atom. The second kappa shape index (κ2) is 4.56. The van der Waals surface area contributed by atoms with E-state index in [1.165, 1.54) is 6.07 Å². The summed E-state index contributed by atoms with van der Waals surface area (Å²) in [6, 6.07) is 6.50. The van der Waals surface area contributed by atoms with Crippen molar-refractivity contribution in [1.29, 1.82) is 0 Å². The average molecular weight is 314 g/mol. The van der Waals surface area contributed by atoms with Crippen LogP contribution in [0.4, 0.5) is 0 Å². The van der Waals surface area contributed by atoms with Crippen molar-refractivity contribution in [2.75, 3.05) is 11.5 Å². The summed E-state index contributed by atoms with van der Waals surface area (Å²) >= 11 is 0. The molecule has 0 spiro atoms. The third-order valence-corrected chi connectivity index (χ3v) is 6.61. The summed E-state index contributed by atoms with van der Waals surface area (Å²) in [7, 11) is -6.47. The van der Waals surface area contributed by atoms with E-state index in [9.17, 15) is 16.8 Å². The number of amidine groups is 1. The lowest BCUT2D eigenvalue weighted by atomic mass is 10.1. The Balaban J connectivity index is 1.92. The van der Waals surface area contributed by atoms with Gasteiger partial charge in [0.1, 0.15) is 15.7 Å². The van der Waals surface area contributed by atoms with Crippen LogP contribution >= 0.6 is 0 Å². The zero-order valence-corrected chi connectivity index (χ0v) is 12.2. The zero-order valence-electron chi connectivity index (χ0n) is 10.6. The second-order valence-corrected chi connectivity index (χ2v) is 8.92. The van der Waals surface area contributed by atoms with Crippen molar-refractivity contribution >= 4 is 25.7 Å². The molecule has 0 saturated carbocycles. The summed E-state index contributed by atoms with van der Waals surface area (Å²) in [5.74, 6) is 0.552. The summed E-state index contributed by atoms with van der Waals surface area (Å²) in [6.45, 7) is 0. The van der Waals surface area contributed by atoms with E-state index in [2.05, 4.69) is 9.71 Å². The van der Waals surface area contributed by atoms with E-state index in [0.29, 0.717) is 24.2 Å². The minimum absolute atomic E-state index is 0.114. The van der Waals surface area contributed by atoms with Crippen LogP contribution in [0.5, 0.6) is 0 Å². The van der Waals surface area contributed by atoms with Crippen molar-refractivity contribution < 1.29 is 16.8 Å². The van der Waals surface area contributed by atoms with Gasteiger partial charge >= 0.3 is 0 Å². The van der Waals surface area contributed by atoms with E-state index in [4.69, 9.17) is 0 Å². The zero-order chi connectivity index (χ0) is 14.4. The number of fused-ring (bicyclic) bond motifs is 1. The van der Waals surface area contributed by atoms with E-state index >= 15 is 0 Å². The third-order valence-electron chi connectivity index (χ3n) is 3.50. The fourth-order valence-electron chi connectivity index (χ4n) is 2.42. The number of nitrogens with zero attached hydrogens (tertiary/aromatic N) is 1. The maximum Gasteiger partial charge on any atom is 0.263 e. The molecule has 6 nitrogen and oxygen atoms in total. The van der Waals surface area contributed by atoms with Crippen LogP contribution in [0.2, 0.25) is 0 Å². The lowest BCUT2D eigenvalue weighted by molar-refractivity contribution is 0.547. The molecule has 1 aromatic carbocycles. The number of hydrogen-bond donors (Lipinski definition) is 1. The molecule has 1 saturated heterocycles. The predicted molar refractivity (Wildman–Crippen MR) is 75.0 cm³/mol. The summed E-state index contributed by atoms with van der Waals surface area (Å²) < 4.78 is 49.0. The number of sulfone groups is 1. The number of nitrogens with one attached hydrogen (secondary N) is 1. The van der Waals surface area contributed by atoms with Gasteiger partial charge in [-0.1, -0.05) is 12.1 Å². The summed E-state index contributed by atoms with van der Waals surface area (Å²) in [6.07, 6.45) is 0.880. The fraction of sp³-hybridized carbons (Fsp3) is 0.417. The molecule has 0 aliphatic carbocycles. The molecule has 2 aliphatic rings. The lowest BCUT2D eigenvalue weighted by Crippen LogP contribution is -2.29. The van der Waals surface area contributed by atoms with Crippen LogP contribution < -0.4 is 4.72 Å². The Bertz CT molecular complexity index is 767. The normalized spacial score (nSPS) is 26.1. The van der Waals surface area contributed by atoms with Crippen molar-refractivity contribution in [3.8, 4) is 0 Å². The second-order valence-electron chi connectivity index (χ2n) is 4.96. The van der Waals surface area contributed by atoms with Crippen molar-refractivity contribution in [1.82, 2.24) is 4.72 Å². The lowest BCUT2D eigenvalue weighted by Gasteiger charge is -2.18. The van der Waals surface area contributed by atoms with Gasteiger partial charge < -0.3 is 0 Å². The molecule has 0 radical (unpaired) electrons. The number of aliphatic imine (C=N–C) groups is 1. The van der Waals surface area contributed by atoms with Gasteiger partial charge in [-0.25, -0.2) is 16.8 Å². The SMILES string of the molecule is O=S1(=O)CCC(N=C2NS(=O)(=O)c3ccccc32)CC1. The van der Waals surface area contributed by atoms with Gasteiger partial charge in [-0.3, -0.25) is 9.71 Å². The van der Waals surface area contributed by atoms with Gasteiger partial charge in [-0.15, -0.1) is 0 Å². The summed E-state index contributed by atoms with van der Waals surface area (Å²) in [5.41, 5.74) is 0.556. The van der Waals surface area contributed by atoms with Gasteiger partial charge in [0, 0.05) is 5.56 Å². The van der Waals surface area contributed by atoms with Gasteiger partial charge in [0.05, 0.1) is 22.4 Å². The molecule has 0 bridgehead atoms. The Hall–Kier alpha value is -1.41. The number of benzene rings is 1. The van der Waals surface area contributed by atoms with Gasteiger partial charge in [0.15, 0.2) is 0 Å². The molecule has 2 aliphatic heterocycles. The first kappa shape index (κ1) is 13.6. The minimum Gasteiger partial charge on any atom is -0.264 e. The maximum atomic E-state index is 11.9. The maximum absolute atomic E-state index is 11.9. The molecule has 0 amide bonds. The third kappa shape index (κ3) is 2.45. The van der Waals surface area contributed by atoms with Crippen LogP contribution in [-0.4, -0.2) is 40.2 Å². The molecule has 108 valence electrons. The van der Waals surface area contributed by atoms with Crippen LogP contribution in [0.3, 0.4) is 0 Å². The molecule has 0 aromatic heterocycles. The highest BCUT2D eigenvalue weighted by molar-refractivity contribution is 7.91. The molecule has 1 aromatic rings. The van der Waals surface area contributed by atoms with Crippen LogP contribution in [-0.2, 0) is 19.9 Å². The summed E-state index contributed by atoms with van der Waals surface area (Å²) in [4.78, 5) is 4.62. The average Bonchev–Trinajstić information content (AvgIpc) is 2.65. The highest BCUT2D eigenvalue weighted by Gasteiger charge is 2.31. The highest BCUT2D eigenvalue weighted by atomic mass is 32.2. The van der Waals surface area contributed by atoms with Crippen molar-refractivity contribution in [3.63, 3.8) is 0 Å². The Morgan fingerprint density at radius 3 is 2.40 bits per heavy atom. The first-order valence-corrected chi connectivity index (χ1v) is 9.58. The fourth-order valence-corrected chi connectivity index (χ4v) is 5.12. The van der Waals surface area contributed by atoms with E-state index in [1.807, 2.05) is 0 Å². The van der Waals surface area contributed by atoms with Crippen molar-refractivity contribution in [2.24, 2.45) is 4.99 Å². The highest BCUT2D eigenvalue weighted by Crippen LogP contribution is 2.24. The first-order valence-electron chi connectivity index (χ1n) is 6.28. The molecular weight excluding hydrogens is 300 g/mol. The number of hydrogen-bond acceptors (Lipinski definition) is 5. The number of rotatable bonds is 1. The molecule has 1 N–H and O–H groups in total. The van der Waals surface area contributed by atoms with Gasteiger partial charge in [0.2, 0.25) is 0 Å². The van der Waals surface area contributed by atoms with Crippen LogP contribution in [0.25, 0.3) is 0 Å². The molecule has 3 rings (SSSR count). The quantitative estimate of drug-likeness (QED) is 0.807. The standard InChI is InChI=1S/C12H14N2O4S2/c15-19(16)7-5-9(6-8-19)13-12-10-3-1-2-4-11(10)20(17,18)14-12/h1-4,9H,5-8H2,(H,13,14). The van der Waals surface area contributed by atoms with E-state index in [-0.39, 0.29) is 22.4 Å². The van der Waals surface area contributed by atoms with Gasteiger partial charge in [-0.2, -0.15) is 0 Å². The molecule has 0 atom stereocenters. The Labute approximate surface area is 117 Å². The van der Waals surface area contributed by atoms with E-state index in [0.717, 1.165) is 0 Å². The molecular formula is C12H14N2O4S2. The molecule has 20 heavy (non-hydrogen) atoms. The van der Waals surface area contributed by atoms with Gasteiger partial charge in [-0.05, 0) is 25.0 Å². The topological polar surface area (TPSA) is 92.7 Å². The van der Waals surface area contributed by atoms with Crippen molar-refractivity contribution in [3.05, 3.63) is 29.8 Å². The number of sulfonamides is 1. The van der Waals surface area contributed by atoms with Crippen LogP contribution in [0.15, 0.2) is 34.2 Å². The van der Waals surface area contributed by atoms with E-state index < -0.39 is 19.9 Å². The first-order chi connectivity index (χ1) is 9.37.